The third-order valence-corrected chi connectivity index (χ3v) is 20.5. The van der Waals surface area contributed by atoms with Crippen LogP contribution in [0.15, 0.2) is 133 Å². The van der Waals surface area contributed by atoms with Gasteiger partial charge in [-0.1, -0.05) is 121 Å². The van der Waals surface area contributed by atoms with Crippen molar-refractivity contribution in [1.82, 2.24) is 24.9 Å². The van der Waals surface area contributed by atoms with E-state index in [9.17, 15) is 24.0 Å². The third kappa shape index (κ3) is 5.57. The summed E-state index contributed by atoms with van der Waals surface area (Å²) in [6, 6.07) is 44.6. The molecule has 0 aromatic heterocycles. The molecule has 9 heterocycles. The molecule has 0 aliphatic carbocycles. The van der Waals surface area contributed by atoms with E-state index in [-0.39, 0.29) is 67.9 Å². The van der Waals surface area contributed by atoms with Crippen molar-refractivity contribution in [3.05, 3.63) is 184 Å². The van der Waals surface area contributed by atoms with Crippen LogP contribution in [0.1, 0.15) is 82.2 Å². The Kier molecular flexibility index (Phi) is 9.88. The van der Waals surface area contributed by atoms with Crippen LogP contribution in [-0.4, -0.2) is 122 Å². The number of anilines is 5. The van der Waals surface area contributed by atoms with Crippen molar-refractivity contribution < 1.29 is 33.5 Å². The molecule has 0 radical (unpaired) electrons. The van der Waals surface area contributed by atoms with Crippen LogP contribution in [-0.2, 0) is 62.3 Å². The first-order valence-corrected chi connectivity index (χ1v) is 27.6. The van der Waals surface area contributed by atoms with Gasteiger partial charge in [-0.05, 0) is 68.6 Å². The van der Waals surface area contributed by atoms with E-state index in [1.165, 1.54) is 7.11 Å². The molecule has 9 atom stereocenters. The fourth-order valence-corrected chi connectivity index (χ4v) is 17.2. The molecule has 17 nitrogen and oxygen atoms in total. The maximum Gasteiger partial charge on any atom is 0.411 e. The molecule has 0 unspecified atom stereocenters. The molecule has 0 saturated carbocycles. The molecular weight excluding hydrogens is 1010 g/mol. The summed E-state index contributed by atoms with van der Waals surface area (Å²) in [6.07, 6.45) is -2.24. The fraction of sp³-hybridized carbons (Fsp3) is 0.333. The van der Waals surface area contributed by atoms with E-state index in [2.05, 4.69) is 73.9 Å². The number of nitrogens with one attached hydrogen (secondary N) is 5. The van der Waals surface area contributed by atoms with Gasteiger partial charge in [0.25, 0.3) is 0 Å². The Labute approximate surface area is 462 Å². The van der Waals surface area contributed by atoms with E-state index in [0.29, 0.717) is 29.8 Å². The van der Waals surface area contributed by atoms with E-state index in [1.54, 1.807) is 28.8 Å². The summed E-state index contributed by atoms with van der Waals surface area (Å²) in [5, 5.41) is 17.8. The first-order chi connectivity index (χ1) is 38.7. The summed E-state index contributed by atoms with van der Waals surface area (Å²) in [5.74, 6) is -0.814. The standard InChI is InChI=1S/C63H60N10O7/c1-64-46(74)30-63(62-28-29-72(58(79)80-5)57(62)73(34-35-16-7-6-8-17-35)45-27-12-10-19-37(45)62)43-25-15-24-42(52(43)68-56(63)78)61-33-49(77)71(4)55(61)67-51-40(22-14-23-41(51)61)60-32-48(76)70(3)54(60)66-50-38(20-13-21-39(50)60)59-31-47(75)69(2)53(59)65-44-26-11-9-18-36(44)59/h6-27,53-55,57,65-67H,28-34H2,1-5H3,(H,64,74)(H,68,78)/t53-,54-,55-,57-,59-,60-,61-,62-,63+/m1/s1. The summed E-state index contributed by atoms with van der Waals surface area (Å²) in [5.41, 5.74) is 6.34. The quantitative estimate of drug-likeness (QED) is 0.113. The smallest absolute Gasteiger partial charge is 0.411 e. The second kappa shape index (κ2) is 16.4. The van der Waals surface area contributed by atoms with Gasteiger partial charge in [-0.3, -0.25) is 28.9 Å². The van der Waals surface area contributed by atoms with Crippen LogP contribution in [0.25, 0.3) is 0 Å². The van der Waals surface area contributed by atoms with Gasteiger partial charge in [0, 0.05) is 95.4 Å². The van der Waals surface area contributed by atoms with Gasteiger partial charge in [-0.15, -0.1) is 0 Å². The van der Waals surface area contributed by atoms with E-state index >= 15 is 4.79 Å². The average Bonchev–Trinajstić information content (AvgIpc) is 4.41. The van der Waals surface area contributed by atoms with Crippen LogP contribution in [0.2, 0.25) is 0 Å². The summed E-state index contributed by atoms with van der Waals surface area (Å²) < 4.78 is 5.53. The molecule has 6 amide bonds. The second-order valence-electron chi connectivity index (χ2n) is 23.4. The third-order valence-electron chi connectivity index (χ3n) is 20.5. The van der Waals surface area contributed by atoms with Crippen LogP contribution in [0.4, 0.5) is 33.2 Å². The van der Waals surface area contributed by atoms with Gasteiger partial charge in [0.15, 0.2) is 0 Å². The molecule has 80 heavy (non-hydrogen) atoms. The number of hydrogen-bond donors (Lipinski definition) is 5. The van der Waals surface area contributed by atoms with Crippen molar-refractivity contribution in [3.8, 4) is 0 Å². The number of para-hydroxylation sites is 5. The summed E-state index contributed by atoms with van der Waals surface area (Å²) in [4.78, 5) is 97.1. The SMILES string of the molecule is CNC(=O)C[C@@]1([C@@]23CCN(C(=O)OC)[C@@H]2N(Cc2ccccc2)c2ccccc23)C(=O)Nc2c([C@]34CC(=O)N(C)[C@H]3Nc3c([C@]56CC(=O)N(C)[C@H]5Nc5c6cccc5[C@]56CC(=O)N(C)[C@H]5Nc5ccccc56)cccc34)cccc21. The van der Waals surface area contributed by atoms with Gasteiger partial charge >= 0.3 is 6.09 Å². The minimum atomic E-state index is -1.60. The van der Waals surface area contributed by atoms with Gasteiger partial charge in [-0.2, -0.15) is 0 Å². The highest BCUT2D eigenvalue weighted by molar-refractivity contribution is 6.12. The number of benzene rings is 6. The molecule has 0 bridgehead atoms. The van der Waals surface area contributed by atoms with Crippen molar-refractivity contribution in [1.29, 1.82) is 0 Å². The zero-order valence-corrected chi connectivity index (χ0v) is 45.1. The molecule has 6 aromatic rings. The lowest BCUT2D eigenvalue weighted by molar-refractivity contribution is -0.131. The molecular formula is C63H60N10O7. The first kappa shape index (κ1) is 48.3. The number of carbonyl (C=O) groups excluding carboxylic acids is 6. The molecule has 15 rings (SSSR count). The van der Waals surface area contributed by atoms with Crippen LogP contribution < -0.4 is 31.5 Å². The Morgan fingerprint density at radius 1 is 0.575 bits per heavy atom. The molecule has 17 heteroatoms. The Bertz CT molecular complexity index is 3780. The van der Waals surface area contributed by atoms with E-state index in [1.807, 2.05) is 110 Å². The number of likely N-dealkylation sites (N-methyl/N-ethyl adjacent to an activating group) is 3. The molecule has 9 aliphatic rings. The van der Waals surface area contributed by atoms with Crippen molar-refractivity contribution in [2.45, 2.75) is 90.4 Å². The second-order valence-corrected chi connectivity index (χ2v) is 23.4. The summed E-state index contributed by atoms with van der Waals surface area (Å²) in [6.45, 7) is 0.655. The lowest BCUT2D eigenvalue weighted by atomic mass is 9.54. The average molecular weight is 1070 g/mol. The zero-order chi connectivity index (χ0) is 55.0. The summed E-state index contributed by atoms with van der Waals surface area (Å²) >= 11 is 0. The molecule has 6 aromatic carbocycles. The van der Waals surface area contributed by atoms with Gasteiger partial charge in [0.2, 0.25) is 29.5 Å². The molecule has 4 saturated heterocycles. The largest absolute Gasteiger partial charge is 0.453 e. The molecule has 404 valence electrons. The number of hydrogen-bond acceptors (Lipinski definition) is 11. The minimum Gasteiger partial charge on any atom is -0.453 e. The number of fused-ring (bicyclic) bond motifs is 13. The predicted octanol–water partition coefficient (Wildman–Crippen LogP) is 6.47. The molecule has 4 fully saturated rings. The van der Waals surface area contributed by atoms with Crippen LogP contribution in [0, 0.1) is 0 Å². The number of rotatable bonds is 8. The van der Waals surface area contributed by atoms with Crippen LogP contribution in [0.5, 0.6) is 0 Å². The van der Waals surface area contributed by atoms with E-state index < -0.39 is 51.7 Å². The maximum atomic E-state index is 16.2. The highest BCUT2D eigenvalue weighted by atomic mass is 16.5. The summed E-state index contributed by atoms with van der Waals surface area (Å²) in [7, 11) is 8.45. The lowest BCUT2D eigenvalue weighted by Gasteiger charge is -2.47. The molecule has 0 spiro atoms. The number of methoxy groups -OCH3 is 1. The normalized spacial score (nSPS) is 30.4. The molecule has 9 aliphatic heterocycles. The highest BCUT2D eigenvalue weighted by Crippen LogP contribution is 2.68. The monoisotopic (exact) mass is 1070 g/mol. The topological polar surface area (TPSA) is 188 Å². The minimum absolute atomic E-state index is 0.0294. The predicted molar refractivity (Wildman–Crippen MR) is 300 cm³/mol. The van der Waals surface area contributed by atoms with Crippen LogP contribution in [0.3, 0.4) is 0 Å². The Morgan fingerprint density at radius 3 is 1.61 bits per heavy atom. The maximum absolute atomic E-state index is 16.2. The molecule has 5 N–H and O–H groups in total. The van der Waals surface area contributed by atoms with Gasteiger partial charge < -0.3 is 50.9 Å². The van der Waals surface area contributed by atoms with Gasteiger partial charge in [0.05, 0.1) is 34.2 Å². The number of likely N-dealkylation sites (tertiary alicyclic amines) is 4. The van der Waals surface area contributed by atoms with Crippen LogP contribution >= 0.6 is 0 Å². The fourth-order valence-electron chi connectivity index (χ4n) is 17.2. The van der Waals surface area contributed by atoms with Gasteiger partial charge in [-0.25, -0.2) is 4.79 Å². The van der Waals surface area contributed by atoms with Gasteiger partial charge in [0.1, 0.15) is 24.7 Å². The van der Waals surface area contributed by atoms with Crippen molar-refractivity contribution in [3.63, 3.8) is 0 Å². The Hall–Kier alpha value is -8.86. The van der Waals surface area contributed by atoms with Crippen molar-refractivity contribution in [2.75, 3.05) is 68.0 Å². The number of ether oxygens (including phenoxy) is 1. The van der Waals surface area contributed by atoms with Crippen molar-refractivity contribution in [2.24, 2.45) is 0 Å². The highest BCUT2D eigenvalue weighted by Gasteiger charge is 2.74. The Balaban J connectivity index is 0.930. The Morgan fingerprint density at radius 2 is 1.05 bits per heavy atom. The number of carbonyl (C=O) groups is 6. The van der Waals surface area contributed by atoms with E-state index in [0.717, 1.165) is 61.7 Å². The number of amides is 6. The number of nitrogens with zero attached hydrogens (tertiary/aromatic N) is 5. The van der Waals surface area contributed by atoms with E-state index in [4.69, 9.17) is 4.74 Å². The van der Waals surface area contributed by atoms with Crippen molar-refractivity contribution >= 4 is 64.1 Å². The first-order valence-electron chi connectivity index (χ1n) is 27.6. The lowest BCUT2D eigenvalue weighted by Crippen LogP contribution is -2.62. The zero-order valence-electron chi connectivity index (χ0n) is 45.1.